The van der Waals surface area contributed by atoms with Gasteiger partial charge in [-0.2, -0.15) is 5.10 Å². The smallest absolute Gasteiger partial charge is 0.323 e. The molecule has 2 rings (SSSR count). The zero-order chi connectivity index (χ0) is 14.0. The molecule has 1 aliphatic rings. The molecule has 1 aromatic carbocycles. The second-order valence-corrected chi connectivity index (χ2v) is 5.80. The predicted molar refractivity (Wildman–Crippen MR) is 71.5 cm³/mol. The topological polar surface area (TPSA) is 90.2 Å². The fraction of sp³-hybridized carbons (Fsp3) is 0.167. The number of ketones is 1. The summed E-state index contributed by atoms with van der Waals surface area (Å²) in [7, 11) is -3.16. The zero-order valence-electron chi connectivity index (χ0n) is 10.2. The van der Waals surface area contributed by atoms with Gasteiger partial charge in [-0.3, -0.25) is 14.4 Å². The van der Waals surface area contributed by atoms with Gasteiger partial charge in [-0.1, -0.05) is 36.4 Å². The number of hydrogen-bond acceptors (Lipinski definition) is 4. The monoisotopic (exact) mass is 280 g/mol. The van der Waals surface area contributed by atoms with Gasteiger partial charge in [0.25, 0.3) is 0 Å². The van der Waals surface area contributed by atoms with E-state index in [9.17, 15) is 9.36 Å². The Morgan fingerprint density at radius 2 is 1.89 bits per heavy atom. The Hall–Kier alpha value is -1.75. The van der Waals surface area contributed by atoms with Crippen LogP contribution in [0, 0.1) is 0 Å². The van der Waals surface area contributed by atoms with Crippen LogP contribution in [0.15, 0.2) is 41.5 Å². The number of likely N-dealkylation sites (N-methyl/N-ethyl adjacent to an activating group) is 1. The first-order valence-corrected chi connectivity index (χ1v) is 7.22. The molecule has 1 atom stereocenters. The summed E-state index contributed by atoms with van der Waals surface area (Å²) < 4.78 is 11.2. The van der Waals surface area contributed by atoms with Crippen molar-refractivity contribution < 1.29 is 19.1 Å². The van der Waals surface area contributed by atoms with E-state index in [1.807, 2.05) is 30.3 Å². The molecule has 0 saturated carbocycles. The zero-order valence-corrected chi connectivity index (χ0v) is 11.1. The van der Waals surface area contributed by atoms with Gasteiger partial charge in [0.1, 0.15) is 5.71 Å². The molecule has 19 heavy (non-hydrogen) atoms. The molecule has 0 fully saturated rings. The van der Waals surface area contributed by atoms with Crippen molar-refractivity contribution in [2.75, 3.05) is 7.05 Å². The van der Waals surface area contributed by atoms with E-state index in [-0.39, 0.29) is 5.71 Å². The lowest BCUT2D eigenvalue weighted by atomic mass is 10.1. The number of nitrogens with zero attached hydrogens (tertiary/aromatic N) is 2. The maximum absolute atomic E-state index is 11.9. The minimum atomic E-state index is -4.53. The molecule has 0 aliphatic carbocycles. The molecular formula is C12H13N2O4P. The molecule has 0 spiro atoms. The molecule has 0 amide bonds. The quantitative estimate of drug-likeness (QED) is 0.808. The molecule has 6 nitrogen and oxygen atoms in total. The van der Waals surface area contributed by atoms with Gasteiger partial charge in [0, 0.05) is 7.05 Å². The van der Waals surface area contributed by atoms with Crippen molar-refractivity contribution in [3.05, 3.63) is 42.0 Å². The van der Waals surface area contributed by atoms with Crippen molar-refractivity contribution in [3.8, 4) is 0 Å². The standard InChI is InChI=1S/C12H13N2O4P/c1-14-12(19(16,17)18)11(15)10(13-14)8-7-9-5-3-2-4-6-9/h2-8,12H,1H3,(H2,16,17,18). The number of allylic oxidation sites excluding steroid dienone is 1. The van der Waals surface area contributed by atoms with Crippen LogP contribution in [0.3, 0.4) is 0 Å². The van der Waals surface area contributed by atoms with Crippen molar-refractivity contribution in [3.63, 3.8) is 0 Å². The average molecular weight is 280 g/mol. The highest BCUT2D eigenvalue weighted by Gasteiger charge is 2.44. The summed E-state index contributed by atoms with van der Waals surface area (Å²) in [5, 5.41) is 4.86. The first-order chi connectivity index (χ1) is 8.89. The van der Waals surface area contributed by atoms with Gasteiger partial charge in [-0.05, 0) is 11.6 Å². The van der Waals surface area contributed by atoms with Crippen LogP contribution in [0.25, 0.3) is 6.08 Å². The van der Waals surface area contributed by atoms with Gasteiger partial charge in [0.2, 0.25) is 11.6 Å². The fourth-order valence-corrected chi connectivity index (χ4v) is 2.73. The Morgan fingerprint density at radius 3 is 2.42 bits per heavy atom. The second-order valence-electron chi connectivity index (χ2n) is 4.13. The van der Waals surface area contributed by atoms with Crippen LogP contribution in [0.2, 0.25) is 0 Å². The molecule has 1 unspecified atom stereocenters. The molecule has 0 aromatic heterocycles. The summed E-state index contributed by atoms with van der Waals surface area (Å²) in [5.74, 6) is -2.18. The highest BCUT2D eigenvalue weighted by molar-refractivity contribution is 7.54. The van der Waals surface area contributed by atoms with Crippen LogP contribution in [0.1, 0.15) is 5.56 Å². The third-order valence-electron chi connectivity index (χ3n) is 2.66. The van der Waals surface area contributed by atoms with Gasteiger partial charge < -0.3 is 9.79 Å². The average Bonchev–Trinajstić information content (AvgIpc) is 2.62. The lowest BCUT2D eigenvalue weighted by molar-refractivity contribution is -0.114. The summed E-state index contributed by atoms with van der Waals surface area (Å²) in [6, 6.07) is 9.26. The van der Waals surface area contributed by atoms with Crippen molar-refractivity contribution in [2.45, 2.75) is 5.78 Å². The lowest BCUT2D eigenvalue weighted by Gasteiger charge is -2.17. The van der Waals surface area contributed by atoms with Gasteiger partial charge >= 0.3 is 7.60 Å². The maximum Gasteiger partial charge on any atom is 0.357 e. The van der Waals surface area contributed by atoms with Crippen LogP contribution in [0.4, 0.5) is 0 Å². The molecule has 1 heterocycles. The maximum atomic E-state index is 11.9. The van der Waals surface area contributed by atoms with Gasteiger partial charge in [-0.25, -0.2) is 0 Å². The normalized spacial score (nSPS) is 20.2. The minimum absolute atomic E-state index is 0.0414. The first-order valence-electron chi connectivity index (χ1n) is 5.53. The van der Waals surface area contributed by atoms with Crippen molar-refractivity contribution >= 4 is 25.2 Å². The Labute approximate surface area is 110 Å². The van der Waals surface area contributed by atoms with Crippen LogP contribution in [0.5, 0.6) is 0 Å². The minimum Gasteiger partial charge on any atom is -0.323 e. The third kappa shape index (κ3) is 2.98. The van der Waals surface area contributed by atoms with Gasteiger partial charge in [0.05, 0.1) is 0 Å². The number of hydrazone groups is 1. The summed E-state index contributed by atoms with van der Waals surface area (Å²) in [5.41, 5.74) is 0.917. The van der Waals surface area contributed by atoms with E-state index >= 15 is 0 Å². The predicted octanol–water partition coefficient (Wildman–Crippen LogP) is 1.07. The van der Waals surface area contributed by atoms with E-state index < -0.39 is 19.2 Å². The number of hydrogen-bond donors (Lipinski definition) is 2. The van der Waals surface area contributed by atoms with E-state index in [1.165, 1.54) is 13.1 Å². The van der Waals surface area contributed by atoms with E-state index in [0.717, 1.165) is 10.6 Å². The van der Waals surface area contributed by atoms with E-state index in [1.54, 1.807) is 6.08 Å². The highest BCUT2D eigenvalue weighted by atomic mass is 31.2. The highest BCUT2D eigenvalue weighted by Crippen LogP contribution is 2.45. The van der Waals surface area contributed by atoms with E-state index in [4.69, 9.17) is 9.79 Å². The lowest BCUT2D eigenvalue weighted by Crippen LogP contribution is -2.30. The third-order valence-corrected chi connectivity index (χ3v) is 3.86. The number of carbonyl (C=O) groups is 1. The van der Waals surface area contributed by atoms with E-state index in [0.29, 0.717) is 0 Å². The number of carbonyl (C=O) groups excluding carboxylic acids is 1. The largest absolute Gasteiger partial charge is 0.357 e. The van der Waals surface area contributed by atoms with Gasteiger partial charge in [0.15, 0.2) is 0 Å². The molecule has 2 N–H and O–H groups in total. The summed E-state index contributed by atoms with van der Waals surface area (Å²) in [4.78, 5) is 30.1. The Morgan fingerprint density at radius 1 is 1.26 bits per heavy atom. The van der Waals surface area contributed by atoms with Crippen LogP contribution in [-0.2, 0) is 9.36 Å². The molecule has 1 aromatic rings. The fourth-order valence-electron chi connectivity index (χ4n) is 1.80. The van der Waals surface area contributed by atoms with Crippen LogP contribution < -0.4 is 0 Å². The second kappa shape index (κ2) is 5.09. The SMILES string of the molecule is CN1N=C(C=Cc2ccccc2)C(=O)C1P(=O)(O)O. The Bertz CT molecular complexity index is 591. The Kier molecular flexibility index (Phi) is 3.66. The van der Waals surface area contributed by atoms with Crippen LogP contribution >= 0.6 is 7.60 Å². The molecule has 1 aliphatic heterocycles. The first kappa shape index (κ1) is 13.7. The molecule has 0 radical (unpaired) electrons. The summed E-state index contributed by atoms with van der Waals surface area (Å²) >= 11 is 0. The molecule has 7 heteroatoms. The number of rotatable bonds is 3. The van der Waals surface area contributed by atoms with Gasteiger partial charge in [-0.15, -0.1) is 0 Å². The van der Waals surface area contributed by atoms with E-state index in [2.05, 4.69) is 5.10 Å². The molecule has 100 valence electrons. The van der Waals surface area contributed by atoms with Crippen molar-refractivity contribution in [2.24, 2.45) is 5.10 Å². The summed E-state index contributed by atoms with van der Waals surface area (Å²) in [6.45, 7) is 0. The number of Topliss-reactive ketones (excluding diaryl/α,β-unsaturated/α-hetero) is 1. The van der Waals surface area contributed by atoms with Crippen LogP contribution in [-0.4, -0.2) is 39.1 Å². The van der Waals surface area contributed by atoms with Crippen molar-refractivity contribution in [1.29, 1.82) is 0 Å². The van der Waals surface area contributed by atoms with Crippen molar-refractivity contribution in [1.82, 2.24) is 5.01 Å². The molecule has 0 bridgehead atoms. The number of benzene rings is 1. The molecular weight excluding hydrogens is 267 g/mol. The summed E-state index contributed by atoms with van der Waals surface area (Å²) in [6.07, 6.45) is 3.14. The Balaban J connectivity index is 2.20. The molecule has 0 saturated heterocycles.